The Morgan fingerprint density at radius 1 is 1.00 bits per heavy atom. The number of hydrogen-bond acceptors (Lipinski definition) is 15. The number of nitrogens with one attached hydrogen (secondary N) is 1. The molecule has 4 fully saturated rings. The fraction of sp³-hybridized carbons (Fsp3) is 0.689. The summed E-state index contributed by atoms with van der Waals surface area (Å²) >= 11 is 0. The first-order valence-electron chi connectivity index (χ1n) is 21.1. The predicted molar refractivity (Wildman–Crippen MR) is 214 cm³/mol. The highest BCUT2D eigenvalue weighted by Crippen LogP contribution is 2.64. The van der Waals surface area contributed by atoms with Crippen LogP contribution in [0.3, 0.4) is 0 Å². The van der Waals surface area contributed by atoms with Crippen molar-refractivity contribution in [2.75, 3.05) is 6.61 Å². The molecule has 6 rings (SSSR count). The Balaban J connectivity index is 1.54. The molecule has 2 bridgehead atoms. The number of carbonyl (C=O) groups is 6. The Morgan fingerprint density at radius 3 is 2.18 bits per heavy atom. The second-order valence-electron chi connectivity index (χ2n) is 19.6. The van der Waals surface area contributed by atoms with E-state index in [1.165, 1.54) is 19.1 Å². The van der Waals surface area contributed by atoms with Gasteiger partial charge in [0, 0.05) is 25.2 Å². The molecule has 0 aromatic heterocycles. The third-order valence-electron chi connectivity index (χ3n) is 13.4. The van der Waals surface area contributed by atoms with Gasteiger partial charge in [0.05, 0.1) is 41.6 Å². The third-order valence-corrected chi connectivity index (χ3v) is 13.4. The number of fused-ring (bicyclic) bond motifs is 5. The summed E-state index contributed by atoms with van der Waals surface area (Å²) in [5.74, 6) is -6.53. The molecule has 1 heterocycles. The summed E-state index contributed by atoms with van der Waals surface area (Å²) in [7, 11) is 0. The number of carbonyl (C=O) groups excluding carboxylic acids is 6. The highest BCUT2D eigenvalue weighted by Gasteiger charge is 2.78. The van der Waals surface area contributed by atoms with E-state index in [0.29, 0.717) is 12.8 Å². The van der Waals surface area contributed by atoms with E-state index >= 15 is 4.79 Å². The van der Waals surface area contributed by atoms with Gasteiger partial charge >= 0.3 is 30.0 Å². The van der Waals surface area contributed by atoms with Crippen molar-refractivity contribution in [1.29, 1.82) is 0 Å². The van der Waals surface area contributed by atoms with Crippen LogP contribution in [-0.2, 0) is 47.6 Å². The summed E-state index contributed by atoms with van der Waals surface area (Å²) in [5, 5.41) is 39.9. The Morgan fingerprint density at radius 2 is 1.64 bits per heavy atom. The summed E-state index contributed by atoms with van der Waals surface area (Å²) in [6.45, 7) is 15.7. The van der Waals surface area contributed by atoms with Crippen LogP contribution in [-0.4, -0.2) is 117 Å². The van der Waals surface area contributed by atoms with Gasteiger partial charge in [0.2, 0.25) is 0 Å². The number of ketones is 1. The van der Waals surface area contributed by atoms with Crippen molar-refractivity contribution in [3.63, 3.8) is 0 Å². The summed E-state index contributed by atoms with van der Waals surface area (Å²) in [6.07, 6.45) is -9.96. The van der Waals surface area contributed by atoms with Gasteiger partial charge in [0.15, 0.2) is 23.6 Å². The van der Waals surface area contributed by atoms with E-state index < -0.39 is 124 Å². The van der Waals surface area contributed by atoms with Crippen LogP contribution >= 0.6 is 0 Å². The van der Waals surface area contributed by atoms with E-state index in [-0.39, 0.29) is 42.1 Å². The molecule has 5 aliphatic rings. The van der Waals surface area contributed by atoms with Crippen molar-refractivity contribution in [3.8, 4) is 0 Å². The number of rotatable bonds is 11. The summed E-state index contributed by atoms with van der Waals surface area (Å²) in [5.41, 5.74) is -8.35. The van der Waals surface area contributed by atoms with E-state index in [2.05, 4.69) is 5.32 Å². The minimum absolute atomic E-state index is 0.0410. The lowest BCUT2D eigenvalue weighted by Crippen LogP contribution is -2.82. The van der Waals surface area contributed by atoms with Crippen molar-refractivity contribution < 1.29 is 72.5 Å². The summed E-state index contributed by atoms with van der Waals surface area (Å²) in [6, 6.07) is 6.71. The molecule has 1 saturated heterocycles. The maximum absolute atomic E-state index is 15.6. The minimum atomic E-state index is -2.37. The highest BCUT2D eigenvalue weighted by atomic mass is 16.6. The molecule has 16 heteroatoms. The topological polar surface area (TPSA) is 231 Å². The Kier molecular flexibility index (Phi) is 12.4. The number of Topliss-reactive ketones (excluding diaryl/α,β-unsaturated/α-hetero) is 1. The van der Waals surface area contributed by atoms with Crippen molar-refractivity contribution in [2.24, 2.45) is 28.6 Å². The van der Waals surface area contributed by atoms with Crippen molar-refractivity contribution in [2.45, 2.75) is 161 Å². The number of alkyl carbamates (subject to hydrolysis) is 1. The molecule has 0 radical (unpaired) electrons. The fourth-order valence-corrected chi connectivity index (χ4v) is 9.99. The average molecular weight is 856 g/mol. The maximum atomic E-state index is 15.6. The first kappa shape index (κ1) is 46.1. The predicted octanol–water partition coefficient (Wildman–Crippen LogP) is 3.89. The van der Waals surface area contributed by atoms with Crippen LogP contribution in [0.1, 0.15) is 112 Å². The lowest BCUT2D eigenvalue weighted by molar-refractivity contribution is -0.346. The van der Waals surface area contributed by atoms with Gasteiger partial charge in [0.1, 0.15) is 29.5 Å². The number of benzene rings is 1. The van der Waals surface area contributed by atoms with Crippen LogP contribution in [0.5, 0.6) is 0 Å². The largest absolute Gasteiger partial charge is 0.456 e. The van der Waals surface area contributed by atoms with Crippen LogP contribution in [0.2, 0.25) is 0 Å². The smallest absolute Gasteiger partial charge is 0.407 e. The number of aliphatic hydroxyl groups is 3. The molecular weight excluding hydrogens is 794 g/mol. The first-order valence-corrected chi connectivity index (χ1v) is 21.1. The lowest BCUT2D eigenvalue weighted by atomic mass is 9.44. The molecule has 1 aromatic carbocycles. The maximum Gasteiger partial charge on any atom is 0.407 e. The summed E-state index contributed by atoms with van der Waals surface area (Å²) in [4.78, 5) is 83.6. The average Bonchev–Trinajstić information content (AvgIpc) is 4.01. The van der Waals surface area contributed by atoms with Gasteiger partial charge in [-0.25, -0.2) is 14.4 Å². The second-order valence-corrected chi connectivity index (χ2v) is 19.6. The van der Waals surface area contributed by atoms with Crippen molar-refractivity contribution >= 4 is 35.8 Å². The first-order chi connectivity index (χ1) is 28.3. The normalized spacial score (nSPS) is 33.9. The Labute approximate surface area is 356 Å². The van der Waals surface area contributed by atoms with Crippen molar-refractivity contribution in [3.05, 3.63) is 47.0 Å². The molecule has 16 nitrogen and oxygen atoms in total. The molecule has 0 spiro atoms. The number of hydrogen-bond donors (Lipinski definition) is 4. The van der Waals surface area contributed by atoms with Crippen LogP contribution in [0.15, 0.2) is 41.5 Å². The van der Waals surface area contributed by atoms with Crippen LogP contribution in [0.25, 0.3) is 0 Å². The quantitative estimate of drug-likeness (QED) is 0.141. The third kappa shape index (κ3) is 8.32. The van der Waals surface area contributed by atoms with E-state index in [0.717, 1.165) is 6.92 Å². The lowest BCUT2D eigenvalue weighted by Gasteiger charge is -2.67. The zero-order valence-corrected chi connectivity index (χ0v) is 36.6. The zero-order valence-electron chi connectivity index (χ0n) is 36.6. The van der Waals surface area contributed by atoms with Crippen LogP contribution < -0.4 is 5.32 Å². The molecule has 1 amide bonds. The Hall–Kier alpha value is -4.38. The standard InChI is InChI=1S/C45H61NO15/c1-22(2)18-27(46-40(54)61-41(5,6)7)32(49)39(53)57-28-20-45(55)36(59-38(52)25-14-12-11-13-15-25)34-43(10,29(48)19-30-44(34,21-56-30)60-24(4)47)35(50)33(58-37(51)26-16-17-26)31(23(28)3)42(45,8)9/h11-15,22,26-30,32-34,36,48-49,55H,16-21H2,1-10H3,(H,46,54)/t27-,28-,29-,30+,32+,33+,34-,36-,43+,44-,45+/m0/s1. The molecule has 336 valence electrons. The molecule has 4 N–H and O–H groups in total. The molecule has 4 aliphatic carbocycles. The van der Waals surface area contributed by atoms with Crippen molar-refractivity contribution in [1.82, 2.24) is 5.32 Å². The fourth-order valence-electron chi connectivity index (χ4n) is 9.99. The minimum Gasteiger partial charge on any atom is -0.456 e. The SMILES string of the molecule is CC(=O)O[C@@]12CO[C@@H]1C[C@H](O)[C@@]1(C)C(=O)[C@H](OC(=O)C3CC3)C3=C(C)[C@@H](OC(=O)[C@H](O)[C@H](CC(C)C)NC(=O)OC(C)(C)C)C[C@@](O)([C@@H](OC(=O)c4ccccc4)[C@H]21)C3(C)C. The molecule has 11 atom stereocenters. The van der Waals surface area contributed by atoms with E-state index in [9.17, 15) is 39.3 Å². The van der Waals surface area contributed by atoms with Gasteiger partial charge in [-0.1, -0.05) is 45.9 Å². The molecule has 0 unspecified atom stereocenters. The highest BCUT2D eigenvalue weighted by molar-refractivity contribution is 5.96. The number of esters is 4. The van der Waals surface area contributed by atoms with E-state index in [4.69, 9.17) is 28.4 Å². The monoisotopic (exact) mass is 855 g/mol. The summed E-state index contributed by atoms with van der Waals surface area (Å²) < 4.78 is 36.0. The van der Waals surface area contributed by atoms with Gasteiger partial charge in [0.25, 0.3) is 0 Å². The second kappa shape index (κ2) is 16.4. The molecular formula is C45H61NO15. The molecule has 61 heavy (non-hydrogen) atoms. The van der Waals surface area contributed by atoms with Crippen LogP contribution in [0, 0.1) is 28.6 Å². The van der Waals surface area contributed by atoms with Crippen LogP contribution in [0.4, 0.5) is 4.79 Å². The van der Waals surface area contributed by atoms with Gasteiger partial charge in [-0.05, 0) is 83.1 Å². The molecule has 1 aromatic rings. The van der Waals surface area contributed by atoms with Gasteiger partial charge in [-0.3, -0.25) is 14.4 Å². The number of amides is 1. The van der Waals surface area contributed by atoms with Gasteiger partial charge in [-0.15, -0.1) is 0 Å². The van der Waals surface area contributed by atoms with E-state index in [1.54, 1.807) is 59.7 Å². The molecule has 3 saturated carbocycles. The number of ether oxygens (including phenoxy) is 6. The zero-order chi connectivity index (χ0) is 45.2. The molecule has 1 aliphatic heterocycles. The van der Waals surface area contributed by atoms with E-state index in [1.807, 2.05) is 13.8 Å². The van der Waals surface area contributed by atoms with Gasteiger partial charge < -0.3 is 49.1 Å². The van der Waals surface area contributed by atoms with Gasteiger partial charge in [-0.2, -0.15) is 0 Å². The Bertz CT molecular complexity index is 1950. The number of aliphatic hydroxyl groups excluding tert-OH is 2.